The second-order valence-corrected chi connectivity index (χ2v) is 6.81. The van der Waals surface area contributed by atoms with E-state index >= 15 is 0 Å². The van der Waals surface area contributed by atoms with Gasteiger partial charge in [-0.25, -0.2) is 0 Å². The van der Waals surface area contributed by atoms with E-state index in [1.807, 2.05) is 12.1 Å². The monoisotopic (exact) mass is 424 g/mol. The van der Waals surface area contributed by atoms with Crippen LogP contribution in [-0.2, 0) is 0 Å². The van der Waals surface area contributed by atoms with Gasteiger partial charge in [0.2, 0.25) is 5.75 Å². The molecule has 3 rings (SSSR count). The van der Waals surface area contributed by atoms with Gasteiger partial charge in [0.25, 0.3) is 0 Å². The van der Waals surface area contributed by atoms with Crippen LogP contribution in [0.25, 0.3) is 5.69 Å². The van der Waals surface area contributed by atoms with Crippen molar-refractivity contribution in [2.45, 2.75) is 26.1 Å². The molecule has 0 aliphatic carbocycles. The zero-order valence-corrected chi connectivity index (χ0v) is 16.2. The van der Waals surface area contributed by atoms with Gasteiger partial charge in [-0.3, -0.25) is 4.79 Å². The lowest BCUT2D eigenvalue weighted by Crippen LogP contribution is -2.22. The van der Waals surface area contributed by atoms with Crippen molar-refractivity contribution in [3.8, 4) is 22.9 Å². The molecular formula is C20H16ClF3N2O3. The Labute approximate surface area is 169 Å². The highest BCUT2D eigenvalue weighted by Gasteiger charge is 2.31. The molecule has 0 aliphatic heterocycles. The van der Waals surface area contributed by atoms with Crippen LogP contribution in [-0.4, -0.2) is 16.1 Å². The fourth-order valence-corrected chi connectivity index (χ4v) is 2.68. The van der Waals surface area contributed by atoms with Gasteiger partial charge in [0.05, 0.1) is 11.9 Å². The van der Waals surface area contributed by atoms with E-state index in [1.54, 1.807) is 12.1 Å². The van der Waals surface area contributed by atoms with Crippen molar-refractivity contribution < 1.29 is 22.6 Å². The topological polar surface area (TPSA) is 53.4 Å². The number of hydrogen-bond donors (Lipinski definition) is 0. The van der Waals surface area contributed by atoms with Crippen LogP contribution in [0, 0.1) is 0 Å². The van der Waals surface area contributed by atoms with Crippen LogP contribution in [0.5, 0.6) is 17.2 Å². The molecule has 9 heteroatoms. The minimum absolute atomic E-state index is 0.0272. The number of hydrogen-bond acceptors (Lipinski definition) is 4. The minimum Gasteiger partial charge on any atom is -0.450 e. The zero-order valence-electron chi connectivity index (χ0n) is 15.4. The maximum Gasteiger partial charge on any atom is 0.573 e. The highest BCUT2D eigenvalue weighted by molar-refractivity contribution is 6.31. The summed E-state index contributed by atoms with van der Waals surface area (Å²) in [5, 5.41) is 4.00. The summed E-state index contributed by atoms with van der Waals surface area (Å²) >= 11 is 6.05. The number of nitrogens with zero attached hydrogens (tertiary/aromatic N) is 2. The third kappa shape index (κ3) is 5.08. The van der Waals surface area contributed by atoms with E-state index in [1.165, 1.54) is 18.3 Å². The molecule has 3 aromatic rings. The van der Waals surface area contributed by atoms with Gasteiger partial charge >= 0.3 is 11.9 Å². The van der Waals surface area contributed by atoms with E-state index in [0.29, 0.717) is 11.6 Å². The van der Waals surface area contributed by atoms with Crippen LogP contribution < -0.4 is 15.0 Å². The normalized spacial score (nSPS) is 11.6. The Kier molecular flexibility index (Phi) is 5.83. The molecule has 0 bridgehead atoms. The van der Waals surface area contributed by atoms with E-state index in [-0.39, 0.29) is 16.5 Å². The lowest BCUT2D eigenvalue weighted by molar-refractivity contribution is -0.274. The molecule has 5 nitrogen and oxygen atoms in total. The highest BCUT2D eigenvalue weighted by atomic mass is 35.5. The van der Waals surface area contributed by atoms with Gasteiger partial charge in [-0.1, -0.05) is 37.6 Å². The zero-order chi connectivity index (χ0) is 21.2. The van der Waals surface area contributed by atoms with Gasteiger partial charge in [-0.2, -0.15) is 9.78 Å². The molecule has 0 aliphatic rings. The number of aromatic nitrogens is 2. The molecule has 0 spiro atoms. The van der Waals surface area contributed by atoms with Crippen LogP contribution in [0.2, 0.25) is 5.02 Å². The lowest BCUT2D eigenvalue weighted by Gasteiger charge is -2.12. The van der Waals surface area contributed by atoms with E-state index in [0.717, 1.165) is 22.4 Å². The van der Waals surface area contributed by atoms with Crippen molar-refractivity contribution in [1.29, 1.82) is 0 Å². The van der Waals surface area contributed by atoms with Crippen LogP contribution in [0.4, 0.5) is 13.2 Å². The molecule has 152 valence electrons. The molecule has 29 heavy (non-hydrogen) atoms. The second kappa shape index (κ2) is 8.16. The maximum absolute atomic E-state index is 12.8. The predicted octanol–water partition coefficient (Wildman–Crippen LogP) is 5.70. The average molecular weight is 425 g/mol. The van der Waals surface area contributed by atoms with Gasteiger partial charge < -0.3 is 9.47 Å². The summed E-state index contributed by atoms with van der Waals surface area (Å²) in [7, 11) is 0. The molecule has 0 fully saturated rings. The predicted molar refractivity (Wildman–Crippen MR) is 102 cm³/mol. The van der Waals surface area contributed by atoms with Crippen molar-refractivity contribution in [3.05, 3.63) is 75.7 Å². The first-order chi connectivity index (χ1) is 13.6. The SMILES string of the molecule is CC(C)c1ccc(-n2ncc(Cl)c(Oc3ccc(OC(F)(F)F)cc3)c2=O)cc1. The van der Waals surface area contributed by atoms with Gasteiger partial charge in [0.1, 0.15) is 16.5 Å². The molecule has 0 saturated heterocycles. The van der Waals surface area contributed by atoms with Crippen molar-refractivity contribution in [2.24, 2.45) is 0 Å². The second-order valence-electron chi connectivity index (χ2n) is 6.41. The average Bonchev–Trinajstić information content (AvgIpc) is 2.65. The summed E-state index contributed by atoms with van der Waals surface area (Å²) < 4.78 is 47.2. The summed E-state index contributed by atoms with van der Waals surface area (Å²) in [6.45, 7) is 4.11. The third-order valence-electron chi connectivity index (χ3n) is 3.97. The van der Waals surface area contributed by atoms with Crippen LogP contribution in [0.15, 0.2) is 59.5 Å². The Hall–Kier alpha value is -3.00. The summed E-state index contributed by atoms with van der Waals surface area (Å²) in [4.78, 5) is 12.8. The van der Waals surface area contributed by atoms with Gasteiger partial charge in [-0.05, 0) is 47.9 Å². The smallest absolute Gasteiger partial charge is 0.450 e. The molecule has 0 radical (unpaired) electrons. The molecule has 0 unspecified atom stereocenters. The van der Waals surface area contributed by atoms with Gasteiger partial charge in [0.15, 0.2) is 0 Å². The summed E-state index contributed by atoms with van der Waals surface area (Å²) in [6.07, 6.45) is -3.54. The molecule has 0 atom stereocenters. The Morgan fingerprint density at radius 2 is 1.59 bits per heavy atom. The van der Waals surface area contributed by atoms with E-state index in [4.69, 9.17) is 16.3 Å². The standard InChI is InChI=1S/C20H16ClF3N2O3/c1-12(2)13-3-5-14(6-4-13)26-19(27)18(17(21)11-25-26)28-15-7-9-16(10-8-15)29-20(22,23)24/h3-12H,1-2H3. The lowest BCUT2D eigenvalue weighted by atomic mass is 10.0. The molecule has 0 N–H and O–H groups in total. The number of benzene rings is 2. The van der Waals surface area contributed by atoms with Crippen molar-refractivity contribution in [1.82, 2.24) is 9.78 Å². The maximum atomic E-state index is 12.8. The first-order valence-corrected chi connectivity index (χ1v) is 8.93. The quantitative estimate of drug-likeness (QED) is 0.527. The summed E-state index contributed by atoms with van der Waals surface area (Å²) in [5.74, 6) is -0.152. The van der Waals surface area contributed by atoms with Gasteiger partial charge in [-0.15, -0.1) is 13.2 Å². The minimum atomic E-state index is -4.80. The summed E-state index contributed by atoms with van der Waals surface area (Å²) in [6, 6.07) is 11.9. The fraction of sp³-hybridized carbons (Fsp3) is 0.200. The molecule has 1 heterocycles. The molecule has 0 amide bonds. The Balaban J connectivity index is 1.88. The van der Waals surface area contributed by atoms with E-state index in [9.17, 15) is 18.0 Å². The Morgan fingerprint density at radius 3 is 2.14 bits per heavy atom. The molecule has 1 aromatic heterocycles. The first-order valence-electron chi connectivity index (χ1n) is 8.56. The van der Waals surface area contributed by atoms with Crippen molar-refractivity contribution >= 4 is 11.6 Å². The Morgan fingerprint density at radius 1 is 1.00 bits per heavy atom. The van der Waals surface area contributed by atoms with Crippen LogP contribution in [0.3, 0.4) is 0 Å². The van der Waals surface area contributed by atoms with Crippen molar-refractivity contribution in [2.75, 3.05) is 0 Å². The number of alkyl halides is 3. The summed E-state index contributed by atoms with van der Waals surface area (Å²) in [5.41, 5.74) is 1.02. The first kappa shape index (κ1) is 20.7. The van der Waals surface area contributed by atoms with Crippen LogP contribution in [0.1, 0.15) is 25.3 Å². The largest absolute Gasteiger partial charge is 0.573 e. The number of ether oxygens (including phenoxy) is 2. The molecule has 0 saturated carbocycles. The highest BCUT2D eigenvalue weighted by Crippen LogP contribution is 2.29. The van der Waals surface area contributed by atoms with Crippen molar-refractivity contribution in [3.63, 3.8) is 0 Å². The number of halogens is 4. The third-order valence-corrected chi connectivity index (χ3v) is 4.24. The van der Waals surface area contributed by atoms with Crippen LogP contribution >= 0.6 is 11.6 Å². The van der Waals surface area contributed by atoms with Gasteiger partial charge in [0, 0.05) is 0 Å². The molecular weight excluding hydrogens is 409 g/mol. The van der Waals surface area contributed by atoms with E-state index < -0.39 is 17.7 Å². The Bertz CT molecular complexity index is 1050. The molecule has 2 aromatic carbocycles. The number of rotatable bonds is 5. The van der Waals surface area contributed by atoms with E-state index in [2.05, 4.69) is 23.7 Å². The fourth-order valence-electron chi connectivity index (χ4n) is 2.52.